The van der Waals surface area contributed by atoms with Gasteiger partial charge in [-0.3, -0.25) is 4.79 Å². The van der Waals surface area contributed by atoms with Crippen molar-refractivity contribution in [3.8, 4) is 0 Å². The summed E-state index contributed by atoms with van der Waals surface area (Å²) in [6, 6.07) is 0. The number of amides is 1. The number of carbonyl (C=O) groups excluding carboxylic acids is 1. The maximum atomic E-state index is 11.6. The molecule has 3 heteroatoms. The van der Waals surface area contributed by atoms with E-state index in [0.717, 1.165) is 18.9 Å². The van der Waals surface area contributed by atoms with Gasteiger partial charge in [0, 0.05) is 20.0 Å². The third-order valence-corrected chi connectivity index (χ3v) is 3.28. The number of carbonyl (C=O) groups is 1. The van der Waals surface area contributed by atoms with E-state index in [1.807, 2.05) is 11.9 Å². The Labute approximate surface area is 93.0 Å². The summed E-state index contributed by atoms with van der Waals surface area (Å²) in [6.45, 7) is 1.56. The van der Waals surface area contributed by atoms with Gasteiger partial charge in [0.2, 0.25) is 5.91 Å². The summed E-state index contributed by atoms with van der Waals surface area (Å²) in [5.41, 5.74) is 5.39. The molecule has 1 amide bonds. The summed E-state index contributed by atoms with van der Waals surface area (Å²) in [6.07, 6.45) is 8.09. The summed E-state index contributed by atoms with van der Waals surface area (Å²) in [7, 11) is 1.92. The summed E-state index contributed by atoms with van der Waals surface area (Å²) >= 11 is 0. The van der Waals surface area contributed by atoms with Gasteiger partial charge in [0.25, 0.3) is 0 Å². The molecule has 3 nitrogen and oxygen atoms in total. The molecule has 1 aliphatic carbocycles. The minimum atomic E-state index is 0.256. The zero-order valence-electron chi connectivity index (χ0n) is 9.87. The minimum absolute atomic E-state index is 0.256. The van der Waals surface area contributed by atoms with Crippen LogP contribution < -0.4 is 5.73 Å². The van der Waals surface area contributed by atoms with Gasteiger partial charge in [-0.1, -0.05) is 19.3 Å². The molecule has 1 rings (SSSR count). The molecular formula is C12H24N2O. The normalized spacial score (nSPS) is 17.7. The molecule has 88 valence electrons. The second kappa shape index (κ2) is 6.83. The smallest absolute Gasteiger partial charge is 0.222 e. The van der Waals surface area contributed by atoms with Crippen molar-refractivity contribution in [1.82, 2.24) is 4.90 Å². The first kappa shape index (κ1) is 12.5. The topological polar surface area (TPSA) is 46.3 Å². The van der Waals surface area contributed by atoms with Crippen LogP contribution in [0.3, 0.4) is 0 Å². The van der Waals surface area contributed by atoms with E-state index >= 15 is 0 Å². The number of rotatable bonds is 5. The molecule has 0 aromatic rings. The fourth-order valence-corrected chi connectivity index (χ4v) is 2.30. The van der Waals surface area contributed by atoms with E-state index in [-0.39, 0.29) is 5.91 Å². The van der Waals surface area contributed by atoms with Gasteiger partial charge in [-0.05, 0) is 31.7 Å². The van der Waals surface area contributed by atoms with Gasteiger partial charge in [0.15, 0.2) is 0 Å². The van der Waals surface area contributed by atoms with Crippen LogP contribution in [-0.2, 0) is 4.79 Å². The van der Waals surface area contributed by atoms with Crippen LogP contribution in [0.4, 0.5) is 0 Å². The summed E-state index contributed by atoms with van der Waals surface area (Å²) in [4.78, 5) is 13.5. The molecule has 1 aliphatic rings. The molecule has 0 heterocycles. The molecular weight excluding hydrogens is 188 g/mol. The van der Waals surface area contributed by atoms with Crippen LogP contribution in [-0.4, -0.2) is 30.9 Å². The number of hydrogen-bond donors (Lipinski definition) is 1. The Morgan fingerprint density at radius 3 is 2.60 bits per heavy atom. The Hall–Kier alpha value is -0.570. The van der Waals surface area contributed by atoms with Gasteiger partial charge in [-0.25, -0.2) is 0 Å². The maximum absolute atomic E-state index is 11.6. The Bertz CT molecular complexity index is 188. The highest BCUT2D eigenvalue weighted by Crippen LogP contribution is 2.24. The van der Waals surface area contributed by atoms with Crippen molar-refractivity contribution >= 4 is 5.91 Å². The van der Waals surface area contributed by atoms with Gasteiger partial charge < -0.3 is 10.6 Å². The summed E-state index contributed by atoms with van der Waals surface area (Å²) in [5.74, 6) is 0.997. The zero-order chi connectivity index (χ0) is 11.1. The molecule has 0 spiro atoms. The standard InChI is InChI=1S/C12H24N2O/c1-14(12(15)8-5-9-13)10-11-6-3-2-4-7-11/h11H,2-10,13H2,1H3. The van der Waals surface area contributed by atoms with Gasteiger partial charge in [-0.2, -0.15) is 0 Å². The molecule has 0 aromatic heterocycles. The van der Waals surface area contributed by atoms with Crippen molar-refractivity contribution in [3.05, 3.63) is 0 Å². The fraction of sp³-hybridized carbons (Fsp3) is 0.917. The van der Waals surface area contributed by atoms with E-state index in [4.69, 9.17) is 5.73 Å². The van der Waals surface area contributed by atoms with Crippen LogP contribution in [0.25, 0.3) is 0 Å². The molecule has 2 N–H and O–H groups in total. The molecule has 0 aromatic carbocycles. The molecule has 0 bridgehead atoms. The van der Waals surface area contributed by atoms with Crippen molar-refractivity contribution in [3.63, 3.8) is 0 Å². The molecule has 0 atom stereocenters. The lowest BCUT2D eigenvalue weighted by atomic mass is 9.89. The predicted octanol–water partition coefficient (Wildman–Crippen LogP) is 1.76. The van der Waals surface area contributed by atoms with Crippen LogP contribution >= 0.6 is 0 Å². The van der Waals surface area contributed by atoms with Crippen molar-refractivity contribution in [1.29, 1.82) is 0 Å². The number of nitrogens with zero attached hydrogens (tertiary/aromatic N) is 1. The van der Waals surface area contributed by atoms with Crippen LogP contribution in [0.2, 0.25) is 0 Å². The van der Waals surface area contributed by atoms with E-state index < -0.39 is 0 Å². The van der Waals surface area contributed by atoms with Crippen molar-refractivity contribution in [2.45, 2.75) is 44.9 Å². The molecule has 1 fully saturated rings. The van der Waals surface area contributed by atoms with Crippen LogP contribution in [0.5, 0.6) is 0 Å². The van der Waals surface area contributed by atoms with Crippen molar-refractivity contribution in [2.75, 3.05) is 20.1 Å². The van der Waals surface area contributed by atoms with E-state index in [0.29, 0.717) is 13.0 Å². The minimum Gasteiger partial charge on any atom is -0.345 e. The second-order valence-corrected chi connectivity index (χ2v) is 4.67. The van der Waals surface area contributed by atoms with Crippen molar-refractivity contribution in [2.24, 2.45) is 11.7 Å². The number of hydrogen-bond acceptors (Lipinski definition) is 2. The Morgan fingerprint density at radius 1 is 1.33 bits per heavy atom. The Kier molecular flexibility index (Phi) is 5.69. The summed E-state index contributed by atoms with van der Waals surface area (Å²) < 4.78 is 0. The van der Waals surface area contributed by atoms with Gasteiger partial charge in [0.05, 0.1) is 0 Å². The molecule has 1 saturated carbocycles. The lowest BCUT2D eigenvalue weighted by Crippen LogP contribution is -2.32. The molecule has 0 aliphatic heterocycles. The third-order valence-electron chi connectivity index (χ3n) is 3.28. The van der Waals surface area contributed by atoms with Crippen LogP contribution in [0.1, 0.15) is 44.9 Å². The number of nitrogens with two attached hydrogens (primary N) is 1. The molecule has 15 heavy (non-hydrogen) atoms. The zero-order valence-corrected chi connectivity index (χ0v) is 9.87. The van der Waals surface area contributed by atoms with Crippen LogP contribution in [0.15, 0.2) is 0 Å². The highest BCUT2D eigenvalue weighted by Gasteiger charge is 2.17. The molecule has 0 radical (unpaired) electrons. The second-order valence-electron chi connectivity index (χ2n) is 4.67. The van der Waals surface area contributed by atoms with E-state index in [1.165, 1.54) is 32.1 Å². The summed E-state index contributed by atoms with van der Waals surface area (Å²) in [5, 5.41) is 0. The van der Waals surface area contributed by atoms with Gasteiger partial charge in [0.1, 0.15) is 0 Å². The third kappa shape index (κ3) is 4.65. The monoisotopic (exact) mass is 212 g/mol. The van der Waals surface area contributed by atoms with Gasteiger partial charge in [-0.15, -0.1) is 0 Å². The first-order valence-corrected chi connectivity index (χ1v) is 6.18. The van der Waals surface area contributed by atoms with E-state index in [2.05, 4.69) is 0 Å². The molecule has 0 saturated heterocycles. The predicted molar refractivity (Wildman–Crippen MR) is 62.5 cm³/mol. The highest BCUT2D eigenvalue weighted by atomic mass is 16.2. The average Bonchev–Trinajstić information content (AvgIpc) is 2.27. The Balaban J connectivity index is 2.20. The van der Waals surface area contributed by atoms with Crippen LogP contribution in [0, 0.1) is 5.92 Å². The average molecular weight is 212 g/mol. The molecule has 0 unspecified atom stereocenters. The quantitative estimate of drug-likeness (QED) is 0.755. The SMILES string of the molecule is CN(CC1CCCCC1)C(=O)CCCN. The van der Waals surface area contributed by atoms with Gasteiger partial charge >= 0.3 is 0 Å². The van der Waals surface area contributed by atoms with E-state index in [9.17, 15) is 4.79 Å². The highest BCUT2D eigenvalue weighted by molar-refractivity contribution is 5.75. The first-order valence-electron chi connectivity index (χ1n) is 6.18. The lowest BCUT2D eigenvalue weighted by Gasteiger charge is -2.27. The largest absolute Gasteiger partial charge is 0.345 e. The Morgan fingerprint density at radius 2 is 2.00 bits per heavy atom. The fourth-order valence-electron chi connectivity index (χ4n) is 2.30. The first-order chi connectivity index (χ1) is 7.24. The lowest BCUT2D eigenvalue weighted by molar-refractivity contribution is -0.130. The van der Waals surface area contributed by atoms with Crippen molar-refractivity contribution < 1.29 is 4.79 Å². The van der Waals surface area contributed by atoms with E-state index in [1.54, 1.807) is 0 Å². The maximum Gasteiger partial charge on any atom is 0.222 e.